The van der Waals surface area contributed by atoms with Gasteiger partial charge in [0.2, 0.25) is 0 Å². The summed E-state index contributed by atoms with van der Waals surface area (Å²) >= 11 is 0. The first-order chi connectivity index (χ1) is 5.22. The number of nitrogens with one attached hydrogen (secondary N) is 1. The molecule has 1 fully saturated rings. The molecule has 0 unspecified atom stereocenters. The van der Waals surface area contributed by atoms with E-state index in [1.807, 2.05) is 7.05 Å². The summed E-state index contributed by atoms with van der Waals surface area (Å²) in [4.78, 5) is 0. The number of hydrogen-bond acceptors (Lipinski definition) is 2. The Hall–Kier alpha value is -0.220. The number of halogens is 2. The molecule has 0 aliphatic heterocycles. The van der Waals surface area contributed by atoms with Gasteiger partial charge in [-0.3, -0.25) is 0 Å². The molecular formula is C7H13F2NO. The van der Waals surface area contributed by atoms with Gasteiger partial charge in [0.25, 0.3) is 0 Å². The van der Waals surface area contributed by atoms with Crippen molar-refractivity contribution < 1.29 is 13.5 Å². The standard InChI is InChI=1S/C7H13F2NO/c1-10-4-5-2-6(3-5)11-7(8)9/h5-7,10H,2-4H2,1H3. The molecule has 0 aromatic rings. The SMILES string of the molecule is CNCC1CC(OC(F)F)C1. The Bertz CT molecular complexity index is 115. The van der Waals surface area contributed by atoms with Crippen molar-refractivity contribution in [2.24, 2.45) is 5.92 Å². The monoisotopic (exact) mass is 165 g/mol. The van der Waals surface area contributed by atoms with Crippen molar-refractivity contribution >= 4 is 0 Å². The van der Waals surface area contributed by atoms with Gasteiger partial charge in [0.1, 0.15) is 0 Å². The van der Waals surface area contributed by atoms with Crippen LogP contribution in [0.5, 0.6) is 0 Å². The maximum absolute atomic E-state index is 11.6. The molecule has 66 valence electrons. The molecule has 0 radical (unpaired) electrons. The molecule has 0 spiro atoms. The summed E-state index contributed by atoms with van der Waals surface area (Å²) in [7, 11) is 1.86. The van der Waals surface area contributed by atoms with Crippen LogP contribution in [0.15, 0.2) is 0 Å². The molecule has 1 aliphatic rings. The molecule has 0 bridgehead atoms. The smallest absolute Gasteiger partial charge is 0.320 e. The molecule has 0 amide bonds. The van der Waals surface area contributed by atoms with E-state index in [1.54, 1.807) is 0 Å². The maximum Gasteiger partial charge on any atom is 0.345 e. The van der Waals surface area contributed by atoms with Crippen LogP contribution in [0.3, 0.4) is 0 Å². The van der Waals surface area contributed by atoms with Crippen molar-refractivity contribution in [3.05, 3.63) is 0 Å². The highest BCUT2D eigenvalue weighted by atomic mass is 19.3. The minimum Gasteiger partial charge on any atom is -0.320 e. The minimum atomic E-state index is -2.60. The van der Waals surface area contributed by atoms with E-state index in [0.29, 0.717) is 5.92 Å². The van der Waals surface area contributed by atoms with Crippen LogP contribution in [-0.2, 0) is 4.74 Å². The normalized spacial score (nSPS) is 30.5. The largest absolute Gasteiger partial charge is 0.345 e. The molecule has 0 heterocycles. The zero-order valence-electron chi connectivity index (χ0n) is 6.52. The Morgan fingerprint density at radius 2 is 2.18 bits per heavy atom. The third kappa shape index (κ3) is 2.71. The molecule has 1 saturated carbocycles. The molecule has 0 saturated heterocycles. The number of rotatable bonds is 4. The highest BCUT2D eigenvalue weighted by molar-refractivity contribution is 4.81. The summed E-state index contributed by atoms with van der Waals surface area (Å²) in [6, 6.07) is 0. The van der Waals surface area contributed by atoms with Gasteiger partial charge in [-0.25, -0.2) is 0 Å². The van der Waals surface area contributed by atoms with Crippen LogP contribution in [0.1, 0.15) is 12.8 Å². The third-order valence-electron chi connectivity index (χ3n) is 1.98. The van der Waals surface area contributed by atoms with Crippen LogP contribution in [-0.4, -0.2) is 26.3 Å². The van der Waals surface area contributed by atoms with Gasteiger partial charge in [-0.1, -0.05) is 0 Å². The molecular weight excluding hydrogens is 152 g/mol. The molecule has 11 heavy (non-hydrogen) atoms. The predicted octanol–water partition coefficient (Wildman–Crippen LogP) is 1.22. The molecule has 1 N–H and O–H groups in total. The van der Waals surface area contributed by atoms with Crippen molar-refractivity contribution in [1.29, 1.82) is 0 Å². The second-order valence-electron chi connectivity index (χ2n) is 2.91. The van der Waals surface area contributed by atoms with Gasteiger partial charge in [0.15, 0.2) is 0 Å². The highest BCUT2D eigenvalue weighted by Crippen LogP contribution is 2.30. The third-order valence-corrected chi connectivity index (χ3v) is 1.98. The summed E-state index contributed by atoms with van der Waals surface area (Å²) < 4.78 is 27.5. The summed E-state index contributed by atoms with van der Waals surface area (Å²) in [5, 5.41) is 3.00. The van der Waals surface area contributed by atoms with E-state index in [0.717, 1.165) is 19.4 Å². The van der Waals surface area contributed by atoms with E-state index in [9.17, 15) is 8.78 Å². The van der Waals surface area contributed by atoms with Gasteiger partial charge in [-0.05, 0) is 32.4 Å². The maximum atomic E-state index is 11.6. The lowest BCUT2D eigenvalue weighted by Crippen LogP contribution is -2.37. The van der Waals surface area contributed by atoms with Crippen LogP contribution in [0.25, 0.3) is 0 Å². The zero-order valence-corrected chi connectivity index (χ0v) is 6.52. The quantitative estimate of drug-likeness (QED) is 0.676. The lowest BCUT2D eigenvalue weighted by atomic mass is 9.82. The van der Waals surface area contributed by atoms with Crippen molar-refractivity contribution in [3.63, 3.8) is 0 Å². The van der Waals surface area contributed by atoms with Gasteiger partial charge in [-0.15, -0.1) is 0 Å². The average Bonchev–Trinajstić information content (AvgIpc) is 1.82. The molecule has 1 aliphatic carbocycles. The zero-order chi connectivity index (χ0) is 8.27. The molecule has 2 nitrogen and oxygen atoms in total. The number of hydrogen-bond donors (Lipinski definition) is 1. The Morgan fingerprint density at radius 3 is 2.64 bits per heavy atom. The first-order valence-electron chi connectivity index (χ1n) is 3.80. The summed E-state index contributed by atoms with van der Waals surface area (Å²) in [6.07, 6.45) is 1.34. The summed E-state index contributed by atoms with van der Waals surface area (Å²) in [5.74, 6) is 0.531. The molecule has 0 aromatic heterocycles. The van der Waals surface area contributed by atoms with Gasteiger partial charge >= 0.3 is 6.61 Å². The average molecular weight is 165 g/mol. The Morgan fingerprint density at radius 1 is 1.55 bits per heavy atom. The van der Waals surface area contributed by atoms with E-state index in [-0.39, 0.29) is 6.10 Å². The van der Waals surface area contributed by atoms with Crippen LogP contribution < -0.4 is 5.32 Å². The van der Waals surface area contributed by atoms with Gasteiger partial charge in [-0.2, -0.15) is 8.78 Å². The highest BCUT2D eigenvalue weighted by Gasteiger charge is 2.31. The first-order valence-corrected chi connectivity index (χ1v) is 3.80. The van der Waals surface area contributed by atoms with Crippen molar-refractivity contribution in [2.75, 3.05) is 13.6 Å². The molecule has 1 rings (SSSR count). The van der Waals surface area contributed by atoms with E-state index in [4.69, 9.17) is 0 Å². The fourth-order valence-corrected chi connectivity index (χ4v) is 1.39. The Kier molecular flexibility index (Phi) is 3.20. The topological polar surface area (TPSA) is 21.3 Å². The second kappa shape index (κ2) is 3.97. The van der Waals surface area contributed by atoms with Crippen LogP contribution in [0, 0.1) is 5.92 Å². The first kappa shape index (κ1) is 8.87. The Balaban J connectivity index is 2.00. The Labute approximate surface area is 64.9 Å². The molecule has 0 atom stereocenters. The second-order valence-corrected chi connectivity index (χ2v) is 2.91. The minimum absolute atomic E-state index is 0.201. The van der Waals surface area contributed by atoms with E-state index >= 15 is 0 Å². The summed E-state index contributed by atoms with van der Waals surface area (Å²) in [5.41, 5.74) is 0. The predicted molar refractivity (Wildman–Crippen MR) is 37.5 cm³/mol. The van der Waals surface area contributed by atoms with Crippen molar-refractivity contribution in [1.82, 2.24) is 5.32 Å². The van der Waals surface area contributed by atoms with E-state index < -0.39 is 6.61 Å². The van der Waals surface area contributed by atoms with Crippen LogP contribution in [0.4, 0.5) is 8.78 Å². The van der Waals surface area contributed by atoms with Gasteiger partial charge in [0.05, 0.1) is 6.10 Å². The van der Waals surface area contributed by atoms with Crippen LogP contribution in [0.2, 0.25) is 0 Å². The fraction of sp³-hybridized carbons (Fsp3) is 1.00. The van der Waals surface area contributed by atoms with Crippen molar-refractivity contribution in [2.45, 2.75) is 25.6 Å². The van der Waals surface area contributed by atoms with Crippen molar-refractivity contribution in [3.8, 4) is 0 Å². The van der Waals surface area contributed by atoms with Gasteiger partial charge < -0.3 is 10.1 Å². The number of alkyl halides is 2. The van der Waals surface area contributed by atoms with E-state index in [2.05, 4.69) is 10.1 Å². The lowest BCUT2D eigenvalue weighted by molar-refractivity contribution is -0.190. The van der Waals surface area contributed by atoms with Crippen LogP contribution >= 0.6 is 0 Å². The fourth-order valence-electron chi connectivity index (χ4n) is 1.39. The lowest BCUT2D eigenvalue weighted by Gasteiger charge is -2.34. The molecule has 4 heteroatoms. The summed E-state index contributed by atoms with van der Waals surface area (Å²) in [6.45, 7) is -1.70. The van der Waals surface area contributed by atoms with E-state index in [1.165, 1.54) is 0 Å². The van der Waals surface area contributed by atoms with Gasteiger partial charge in [0, 0.05) is 0 Å². The number of ether oxygens (including phenoxy) is 1. The molecule has 0 aromatic carbocycles.